The third-order valence-electron chi connectivity index (χ3n) is 11.9. The van der Waals surface area contributed by atoms with Gasteiger partial charge in [-0.05, 0) is 103 Å². The van der Waals surface area contributed by atoms with Gasteiger partial charge in [-0.15, -0.1) is 0 Å². The van der Waals surface area contributed by atoms with E-state index in [1.165, 1.54) is 77.9 Å². The standard InChI is InChI=1S/C57H43N/c1-57(2)52-32-15-14-29-51(52)55-48(30-17-33-53(55)57)43-35-37-45(38-36-43)58(46-26-16-25-44(39-46)40-19-6-3-7-20-40)54-34-18-31-49(42-23-10-5-11-24-42)56(54)50-28-13-12-27-47(50)41-21-8-4-9-22-41/h3-39H,1-2H3. The smallest absolute Gasteiger partial charge is 0.0546 e. The molecule has 0 amide bonds. The molecule has 0 spiro atoms. The summed E-state index contributed by atoms with van der Waals surface area (Å²) in [6.45, 7) is 4.70. The van der Waals surface area contributed by atoms with Gasteiger partial charge in [-0.1, -0.05) is 208 Å². The summed E-state index contributed by atoms with van der Waals surface area (Å²) in [6.07, 6.45) is 0. The normalized spacial score (nSPS) is 12.4. The molecule has 1 nitrogen and oxygen atoms in total. The Morgan fingerprint density at radius 3 is 1.45 bits per heavy atom. The fourth-order valence-electron chi connectivity index (χ4n) is 9.11. The van der Waals surface area contributed by atoms with Crippen LogP contribution in [0.3, 0.4) is 0 Å². The van der Waals surface area contributed by atoms with Gasteiger partial charge in [0.15, 0.2) is 0 Å². The summed E-state index contributed by atoms with van der Waals surface area (Å²) in [4.78, 5) is 2.45. The number of anilines is 3. The van der Waals surface area contributed by atoms with E-state index in [2.05, 4.69) is 243 Å². The van der Waals surface area contributed by atoms with Gasteiger partial charge >= 0.3 is 0 Å². The molecule has 276 valence electrons. The summed E-state index contributed by atoms with van der Waals surface area (Å²) in [5, 5.41) is 0. The van der Waals surface area contributed by atoms with Crippen LogP contribution in [0.15, 0.2) is 224 Å². The van der Waals surface area contributed by atoms with E-state index in [1.807, 2.05) is 0 Å². The predicted octanol–water partition coefficient (Wildman–Crippen LogP) is 15.8. The lowest BCUT2D eigenvalue weighted by Crippen LogP contribution is -2.14. The summed E-state index contributed by atoms with van der Waals surface area (Å²) in [7, 11) is 0. The zero-order chi connectivity index (χ0) is 39.1. The molecule has 1 heteroatoms. The van der Waals surface area contributed by atoms with Crippen molar-refractivity contribution in [2.75, 3.05) is 4.90 Å². The predicted molar refractivity (Wildman–Crippen MR) is 246 cm³/mol. The van der Waals surface area contributed by atoms with E-state index >= 15 is 0 Å². The molecule has 9 aromatic rings. The summed E-state index contributed by atoms with van der Waals surface area (Å²) in [6, 6.07) is 81.8. The molecule has 0 radical (unpaired) electrons. The van der Waals surface area contributed by atoms with Crippen LogP contribution in [0.25, 0.3) is 66.8 Å². The van der Waals surface area contributed by atoms with Crippen LogP contribution in [0.4, 0.5) is 17.1 Å². The van der Waals surface area contributed by atoms with Gasteiger partial charge in [-0.25, -0.2) is 0 Å². The lowest BCUT2D eigenvalue weighted by Gasteiger charge is -2.30. The molecule has 10 rings (SSSR count). The van der Waals surface area contributed by atoms with Crippen LogP contribution in [0.2, 0.25) is 0 Å². The number of hydrogen-bond acceptors (Lipinski definition) is 1. The molecular formula is C57H43N. The highest BCUT2D eigenvalue weighted by Crippen LogP contribution is 2.53. The second-order valence-corrected chi connectivity index (χ2v) is 15.7. The summed E-state index contributed by atoms with van der Waals surface area (Å²) < 4.78 is 0. The fraction of sp³-hybridized carbons (Fsp3) is 0.0526. The largest absolute Gasteiger partial charge is 0.310 e. The summed E-state index contributed by atoms with van der Waals surface area (Å²) in [5.41, 5.74) is 20.6. The number of benzene rings is 9. The Bertz CT molecular complexity index is 2890. The van der Waals surface area contributed by atoms with E-state index < -0.39 is 0 Å². The molecule has 58 heavy (non-hydrogen) atoms. The van der Waals surface area contributed by atoms with Gasteiger partial charge in [0.1, 0.15) is 0 Å². The van der Waals surface area contributed by atoms with Crippen molar-refractivity contribution < 1.29 is 0 Å². The van der Waals surface area contributed by atoms with Crippen LogP contribution in [0.5, 0.6) is 0 Å². The van der Waals surface area contributed by atoms with Gasteiger partial charge in [0.05, 0.1) is 5.69 Å². The zero-order valence-electron chi connectivity index (χ0n) is 32.8. The van der Waals surface area contributed by atoms with Crippen molar-refractivity contribution in [2.24, 2.45) is 0 Å². The van der Waals surface area contributed by atoms with Crippen LogP contribution < -0.4 is 4.90 Å². The average Bonchev–Trinajstić information content (AvgIpc) is 3.53. The molecule has 0 aromatic heterocycles. The first kappa shape index (κ1) is 35.2. The molecule has 0 unspecified atom stereocenters. The lowest BCUT2D eigenvalue weighted by molar-refractivity contribution is 0.660. The number of rotatable bonds is 8. The maximum Gasteiger partial charge on any atom is 0.0546 e. The molecule has 0 atom stereocenters. The quantitative estimate of drug-likeness (QED) is 0.150. The van der Waals surface area contributed by atoms with Crippen LogP contribution >= 0.6 is 0 Å². The van der Waals surface area contributed by atoms with E-state index in [4.69, 9.17) is 0 Å². The second-order valence-electron chi connectivity index (χ2n) is 15.7. The molecule has 1 aliphatic carbocycles. The topological polar surface area (TPSA) is 3.24 Å². The van der Waals surface area contributed by atoms with Crippen LogP contribution in [-0.2, 0) is 5.41 Å². The SMILES string of the molecule is CC1(C)c2ccccc2-c2c(-c3ccc(N(c4cccc(-c5ccccc5)c4)c4cccc(-c5ccccc5)c4-c4ccccc4-c4ccccc4)cc3)cccc21. The molecule has 0 saturated heterocycles. The van der Waals surface area contributed by atoms with Crippen LogP contribution in [0, 0.1) is 0 Å². The minimum atomic E-state index is -0.0569. The summed E-state index contributed by atoms with van der Waals surface area (Å²) >= 11 is 0. The Balaban J connectivity index is 1.20. The van der Waals surface area contributed by atoms with Gasteiger partial charge in [0, 0.05) is 22.4 Å². The van der Waals surface area contributed by atoms with Crippen molar-refractivity contribution in [3.05, 3.63) is 236 Å². The first-order valence-electron chi connectivity index (χ1n) is 20.2. The van der Waals surface area contributed by atoms with Crippen molar-refractivity contribution in [3.63, 3.8) is 0 Å². The Labute approximate surface area is 342 Å². The van der Waals surface area contributed by atoms with Crippen LogP contribution in [0.1, 0.15) is 25.0 Å². The van der Waals surface area contributed by atoms with Crippen molar-refractivity contribution >= 4 is 17.1 Å². The van der Waals surface area contributed by atoms with Crippen molar-refractivity contribution in [1.29, 1.82) is 0 Å². The van der Waals surface area contributed by atoms with Gasteiger partial charge in [0.2, 0.25) is 0 Å². The van der Waals surface area contributed by atoms with Crippen molar-refractivity contribution in [3.8, 4) is 66.8 Å². The maximum atomic E-state index is 2.45. The molecule has 9 aromatic carbocycles. The van der Waals surface area contributed by atoms with E-state index in [-0.39, 0.29) is 5.41 Å². The molecule has 0 N–H and O–H groups in total. The van der Waals surface area contributed by atoms with Gasteiger partial charge < -0.3 is 4.90 Å². The minimum Gasteiger partial charge on any atom is -0.310 e. The monoisotopic (exact) mass is 741 g/mol. The molecule has 0 aliphatic heterocycles. The zero-order valence-corrected chi connectivity index (χ0v) is 32.8. The van der Waals surface area contributed by atoms with Gasteiger partial charge in [-0.2, -0.15) is 0 Å². The Morgan fingerprint density at radius 2 is 0.759 bits per heavy atom. The number of hydrogen-bond donors (Lipinski definition) is 0. The highest BCUT2D eigenvalue weighted by Gasteiger charge is 2.36. The second kappa shape index (κ2) is 14.7. The number of fused-ring (bicyclic) bond motifs is 3. The Kier molecular flexibility index (Phi) is 8.92. The molecule has 0 bridgehead atoms. The van der Waals surface area contributed by atoms with E-state index in [9.17, 15) is 0 Å². The fourth-order valence-corrected chi connectivity index (χ4v) is 9.11. The average molecular weight is 742 g/mol. The van der Waals surface area contributed by atoms with Crippen molar-refractivity contribution in [2.45, 2.75) is 19.3 Å². The first-order valence-corrected chi connectivity index (χ1v) is 20.2. The first-order chi connectivity index (χ1) is 28.6. The van der Waals surface area contributed by atoms with Gasteiger partial charge in [-0.3, -0.25) is 0 Å². The molecule has 0 saturated carbocycles. The van der Waals surface area contributed by atoms with E-state index in [0.29, 0.717) is 0 Å². The minimum absolute atomic E-state index is 0.0569. The maximum absolute atomic E-state index is 2.45. The molecule has 0 heterocycles. The third-order valence-corrected chi connectivity index (χ3v) is 11.9. The Morgan fingerprint density at radius 1 is 0.293 bits per heavy atom. The van der Waals surface area contributed by atoms with Crippen LogP contribution in [-0.4, -0.2) is 0 Å². The molecular weight excluding hydrogens is 699 g/mol. The molecule has 0 fully saturated rings. The van der Waals surface area contributed by atoms with E-state index in [1.54, 1.807) is 0 Å². The van der Waals surface area contributed by atoms with E-state index in [0.717, 1.165) is 17.1 Å². The van der Waals surface area contributed by atoms with Gasteiger partial charge in [0.25, 0.3) is 0 Å². The third kappa shape index (κ3) is 6.13. The lowest BCUT2D eigenvalue weighted by atomic mass is 9.82. The summed E-state index contributed by atoms with van der Waals surface area (Å²) in [5.74, 6) is 0. The molecule has 1 aliphatic rings. The highest BCUT2D eigenvalue weighted by molar-refractivity contribution is 6.01. The number of nitrogens with zero attached hydrogens (tertiary/aromatic N) is 1. The van der Waals surface area contributed by atoms with Crippen molar-refractivity contribution in [1.82, 2.24) is 0 Å². The highest BCUT2D eigenvalue weighted by atomic mass is 15.1. The Hall–Kier alpha value is -7.22.